The van der Waals surface area contributed by atoms with E-state index in [1.54, 1.807) is 24.8 Å². The smallest absolute Gasteiger partial charge is 0.0590 e. The Morgan fingerprint density at radius 1 is 0.917 bits per heavy atom. The molecule has 0 bridgehead atoms. The van der Waals surface area contributed by atoms with Crippen molar-refractivity contribution in [3.8, 4) is 0 Å². The Morgan fingerprint density at radius 2 is 1.58 bits per heavy atom. The molecule has 2 aromatic rings. The first-order valence-electron chi connectivity index (χ1n) is 3.97. The number of nitrogens with zero attached hydrogens (tertiary/aromatic N) is 3. The van der Waals surface area contributed by atoms with E-state index in [9.17, 15) is 0 Å². The third kappa shape index (κ3) is 1.75. The Kier molecular flexibility index (Phi) is 3.14. The third-order valence-corrected chi connectivity index (χ3v) is 1.35. The summed E-state index contributed by atoms with van der Waals surface area (Å²) in [6.45, 7) is 4.00. The molecular weight excluding hydrogens is 150 g/mol. The van der Waals surface area contributed by atoms with E-state index >= 15 is 0 Å². The van der Waals surface area contributed by atoms with Crippen LogP contribution in [0.4, 0.5) is 0 Å². The molecule has 0 fully saturated rings. The zero-order valence-electron chi connectivity index (χ0n) is 7.23. The highest BCUT2D eigenvalue weighted by atomic mass is 15.1. The third-order valence-electron chi connectivity index (χ3n) is 1.35. The molecule has 0 aliphatic heterocycles. The minimum Gasteiger partial charge on any atom is -0.264 e. The molecule has 3 heteroatoms. The van der Waals surface area contributed by atoms with E-state index in [0.29, 0.717) is 0 Å². The van der Waals surface area contributed by atoms with Crippen LogP contribution >= 0.6 is 0 Å². The van der Waals surface area contributed by atoms with E-state index in [1.165, 1.54) is 0 Å². The van der Waals surface area contributed by atoms with Gasteiger partial charge in [-0.15, -0.1) is 0 Å². The lowest BCUT2D eigenvalue weighted by Gasteiger charge is -1.90. The summed E-state index contributed by atoms with van der Waals surface area (Å²) in [6, 6.07) is 1.91. The topological polar surface area (TPSA) is 38.7 Å². The van der Waals surface area contributed by atoms with Crippen molar-refractivity contribution in [2.45, 2.75) is 13.8 Å². The van der Waals surface area contributed by atoms with E-state index in [4.69, 9.17) is 0 Å². The Balaban J connectivity index is 0.000000336. The van der Waals surface area contributed by atoms with Gasteiger partial charge in [-0.3, -0.25) is 4.98 Å². The largest absolute Gasteiger partial charge is 0.264 e. The molecule has 62 valence electrons. The normalized spacial score (nSPS) is 8.83. The highest BCUT2D eigenvalue weighted by Gasteiger charge is 1.88. The molecule has 0 N–H and O–H groups in total. The van der Waals surface area contributed by atoms with Crippen LogP contribution in [0.15, 0.2) is 30.9 Å². The van der Waals surface area contributed by atoms with E-state index in [1.807, 2.05) is 19.9 Å². The molecule has 2 heterocycles. The molecule has 0 radical (unpaired) electrons. The van der Waals surface area contributed by atoms with Crippen molar-refractivity contribution in [1.29, 1.82) is 0 Å². The first-order chi connectivity index (χ1) is 5.97. The molecular formula is C9H11N3. The zero-order valence-corrected chi connectivity index (χ0v) is 7.23. The van der Waals surface area contributed by atoms with Crippen LogP contribution in [0.25, 0.3) is 10.8 Å². The Hall–Kier alpha value is -1.51. The molecule has 2 rings (SSSR count). The molecule has 0 aromatic carbocycles. The summed E-state index contributed by atoms with van der Waals surface area (Å²) in [6.07, 6.45) is 6.92. The minimum atomic E-state index is 1.03. The van der Waals surface area contributed by atoms with Crippen molar-refractivity contribution < 1.29 is 0 Å². The Morgan fingerprint density at radius 3 is 2.25 bits per heavy atom. The molecule has 0 aliphatic carbocycles. The van der Waals surface area contributed by atoms with Gasteiger partial charge in [0.25, 0.3) is 0 Å². The molecule has 0 amide bonds. The van der Waals surface area contributed by atoms with Crippen molar-refractivity contribution in [1.82, 2.24) is 15.2 Å². The fraction of sp³-hybridized carbons (Fsp3) is 0.222. The number of hydrogen-bond donors (Lipinski definition) is 0. The zero-order chi connectivity index (χ0) is 8.81. The van der Waals surface area contributed by atoms with E-state index < -0.39 is 0 Å². The van der Waals surface area contributed by atoms with Crippen LogP contribution in [0.2, 0.25) is 0 Å². The molecule has 0 atom stereocenters. The SMILES string of the molecule is CC.c1cc2cnncc2cn1. The van der Waals surface area contributed by atoms with Gasteiger partial charge in [0.05, 0.1) is 12.4 Å². The molecule has 0 saturated heterocycles. The van der Waals surface area contributed by atoms with E-state index in [-0.39, 0.29) is 0 Å². The van der Waals surface area contributed by atoms with E-state index in [2.05, 4.69) is 15.2 Å². The molecule has 0 spiro atoms. The number of hydrogen-bond acceptors (Lipinski definition) is 3. The second kappa shape index (κ2) is 4.38. The van der Waals surface area contributed by atoms with E-state index in [0.717, 1.165) is 10.8 Å². The van der Waals surface area contributed by atoms with Crippen LogP contribution in [0.1, 0.15) is 13.8 Å². The van der Waals surface area contributed by atoms with Crippen molar-refractivity contribution in [3.05, 3.63) is 30.9 Å². The van der Waals surface area contributed by atoms with Crippen LogP contribution in [0.3, 0.4) is 0 Å². The van der Waals surface area contributed by atoms with Crippen LogP contribution in [0.5, 0.6) is 0 Å². The van der Waals surface area contributed by atoms with Crippen molar-refractivity contribution >= 4 is 10.8 Å². The highest BCUT2D eigenvalue weighted by molar-refractivity contribution is 5.79. The summed E-state index contributed by atoms with van der Waals surface area (Å²) in [4.78, 5) is 3.95. The lowest BCUT2D eigenvalue weighted by Crippen LogP contribution is -1.79. The summed E-state index contributed by atoms with van der Waals surface area (Å²) in [5.41, 5.74) is 0. The number of pyridine rings is 1. The van der Waals surface area contributed by atoms with Crippen molar-refractivity contribution in [2.75, 3.05) is 0 Å². The molecule has 0 saturated carbocycles. The summed E-state index contributed by atoms with van der Waals surface area (Å²) in [7, 11) is 0. The predicted molar refractivity (Wildman–Crippen MR) is 48.7 cm³/mol. The molecule has 0 unspecified atom stereocenters. The average molecular weight is 161 g/mol. The van der Waals surface area contributed by atoms with Gasteiger partial charge in [0.15, 0.2) is 0 Å². The second-order valence-corrected chi connectivity index (χ2v) is 1.99. The van der Waals surface area contributed by atoms with Crippen LogP contribution in [0, 0.1) is 0 Å². The van der Waals surface area contributed by atoms with Crippen LogP contribution in [-0.2, 0) is 0 Å². The maximum Gasteiger partial charge on any atom is 0.0590 e. The highest BCUT2D eigenvalue weighted by Crippen LogP contribution is 2.06. The van der Waals surface area contributed by atoms with Crippen LogP contribution < -0.4 is 0 Å². The molecule has 2 aromatic heterocycles. The van der Waals surface area contributed by atoms with Crippen molar-refractivity contribution in [2.24, 2.45) is 0 Å². The Labute approximate surface area is 71.5 Å². The lowest BCUT2D eigenvalue weighted by molar-refractivity contribution is 1.05. The van der Waals surface area contributed by atoms with Crippen LogP contribution in [-0.4, -0.2) is 15.2 Å². The summed E-state index contributed by atoms with van der Waals surface area (Å²) >= 11 is 0. The summed E-state index contributed by atoms with van der Waals surface area (Å²) in [5.74, 6) is 0. The van der Waals surface area contributed by atoms with Gasteiger partial charge in [0.1, 0.15) is 0 Å². The monoisotopic (exact) mass is 161 g/mol. The molecule has 0 aliphatic rings. The summed E-state index contributed by atoms with van der Waals surface area (Å²) < 4.78 is 0. The Bertz CT molecular complexity index is 281. The first-order valence-corrected chi connectivity index (χ1v) is 3.97. The van der Waals surface area contributed by atoms with Gasteiger partial charge in [-0.1, -0.05) is 13.8 Å². The lowest BCUT2D eigenvalue weighted by atomic mass is 10.3. The fourth-order valence-corrected chi connectivity index (χ4v) is 0.834. The predicted octanol–water partition coefficient (Wildman–Crippen LogP) is 2.05. The van der Waals surface area contributed by atoms with Gasteiger partial charge in [-0.25, -0.2) is 0 Å². The van der Waals surface area contributed by atoms with Gasteiger partial charge < -0.3 is 0 Å². The van der Waals surface area contributed by atoms with Crippen molar-refractivity contribution in [3.63, 3.8) is 0 Å². The molecule has 3 nitrogen and oxygen atoms in total. The number of rotatable bonds is 0. The standard InChI is InChI=1S/C7H5N3.C2H6/c1-2-8-3-7-5-10-9-4-6(1)7;1-2/h1-5H;1-2H3. The second-order valence-electron chi connectivity index (χ2n) is 1.99. The average Bonchev–Trinajstić information content (AvgIpc) is 2.21. The summed E-state index contributed by atoms with van der Waals surface area (Å²) in [5, 5.41) is 9.56. The van der Waals surface area contributed by atoms with Gasteiger partial charge in [0, 0.05) is 23.2 Å². The quantitative estimate of drug-likeness (QED) is 0.593. The van der Waals surface area contributed by atoms with Gasteiger partial charge in [-0.05, 0) is 6.07 Å². The van der Waals surface area contributed by atoms with Gasteiger partial charge >= 0.3 is 0 Å². The first kappa shape index (κ1) is 8.59. The van der Waals surface area contributed by atoms with Gasteiger partial charge in [-0.2, -0.15) is 10.2 Å². The number of fused-ring (bicyclic) bond motifs is 1. The minimum absolute atomic E-state index is 1.03. The maximum atomic E-state index is 3.95. The van der Waals surface area contributed by atoms with Gasteiger partial charge in [0.2, 0.25) is 0 Å². The fourth-order valence-electron chi connectivity index (χ4n) is 0.834. The number of aromatic nitrogens is 3. The maximum absolute atomic E-state index is 3.95. The molecule has 12 heavy (non-hydrogen) atoms.